The minimum atomic E-state index is -4.42. The molecule has 2 aromatic heterocycles. The van der Waals surface area contributed by atoms with Gasteiger partial charge in [-0.25, -0.2) is 9.97 Å². The van der Waals surface area contributed by atoms with Gasteiger partial charge in [0.1, 0.15) is 5.82 Å². The van der Waals surface area contributed by atoms with Crippen molar-refractivity contribution in [3.05, 3.63) is 40.5 Å². The molecule has 0 amide bonds. The van der Waals surface area contributed by atoms with Gasteiger partial charge in [0.2, 0.25) is 0 Å². The van der Waals surface area contributed by atoms with Crippen molar-refractivity contribution in [1.82, 2.24) is 19.1 Å². The van der Waals surface area contributed by atoms with E-state index in [-0.39, 0.29) is 17.5 Å². The summed E-state index contributed by atoms with van der Waals surface area (Å²) < 4.78 is 41.5. The molecule has 1 N–H and O–H groups in total. The maximum Gasteiger partial charge on any atom is 0.434 e. The molecule has 2 aromatic rings. The zero-order chi connectivity index (χ0) is 17.6. The summed E-state index contributed by atoms with van der Waals surface area (Å²) in [5.41, 5.74) is -0.975. The third-order valence-corrected chi connectivity index (χ3v) is 4.75. The van der Waals surface area contributed by atoms with Crippen LogP contribution in [-0.4, -0.2) is 25.6 Å². The van der Waals surface area contributed by atoms with Crippen molar-refractivity contribution in [1.29, 1.82) is 0 Å². The van der Waals surface area contributed by atoms with Crippen LogP contribution in [0.4, 0.5) is 19.0 Å². The molecule has 0 unspecified atom stereocenters. The molecule has 4 rings (SSSR count). The number of alkyl halides is 3. The Kier molecular flexibility index (Phi) is 3.81. The van der Waals surface area contributed by atoms with Gasteiger partial charge in [0, 0.05) is 44.1 Å². The smallest absolute Gasteiger partial charge is 0.365 e. The predicted molar refractivity (Wildman–Crippen MR) is 84.3 cm³/mol. The molecule has 1 fully saturated rings. The molecule has 1 aliphatic carbocycles. The molecule has 1 saturated carbocycles. The molecule has 134 valence electrons. The van der Waals surface area contributed by atoms with Crippen LogP contribution in [-0.2, 0) is 19.1 Å². The summed E-state index contributed by atoms with van der Waals surface area (Å²) in [6.07, 6.45) is 3.20. The molecule has 0 aromatic carbocycles. The fraction of sp³-hybridized carbons (Fsp3) is 0.562. The van der Waals surface area contributed by atoms with E-state index in [1.807, 2.05) is 0 Å². The second-order valence-corrected chi connectivity index (χ2v) is 6.70. The number of halogens is 3. The highest BCUT2D eigenvalue weighted by Crippen LogP contribution is 2.33. The van der Waals surface area contributed by atoms with Gasteiger partial charge in [-0.3, -0.25) is 4.79 Å². The second kappa shape index (κ2) is 5.89. The minimum Gasteiger partial charge on any atom is -0.365 e. The highest BCUT2D eigenvalue weighted by Gasteiger charge is 2.35. The Morgan fingerprint density at radius 2 is 2.08 bits per heavy atom. The topological polar surface area (TPSA) is 64.7 Å². The third kappa shape index (κ3) is 3.27. The Bertz CT molecular complexity index is 837. The van der Waals surface area contributed by atoms with Crippen molar-refractivity contribution in [3.8, 4) is 0 Å². The summed E-state index contributed by atoms with van der Waals surface area (Å²) in [5, 5.41) is 3.07. The molecule has 1 atom stereocenters. The molecule has 1 aliphatic heterocycles. The van der Waals surface area contributed by atoms with Gasteiger partial charge >= 0.3 is 6.18 Å². The number of hydrogen-bond acceptors (Lipinski definition) is 4. The number of nitrogens with one attached hydrogen (secondary N) is 1. The van der Waals surface area contributed by atoms with Crippen LogP contribution in [0.2, 0.25) is 0 Å². The number of aryl methyl sites for hydroxylation is 1. The lowest BCUT2D eigenvalue weighted by Gasteiger charge is -2.24. The molecule has 0 spiro atoms. The summed E-state index contributed by atoms with van der Waals surface area (Å²) in [6.45, 7) is 0.949. The van der Waals surface area contributed by atoms with E-state index in [2.05, 4.69) is 15.3 Å². The fourth-order valence-corrected chi connectivity index (χ4v) is 3.25. The van der Waals surface area contributed by atoms with Gasteiger partial charge in [-0.15, -0.1) is 0 Å². The first-order chi connectivity index (χ1) is 11.9. The number of anilines is 1. The van der Waals surface area contributed by atoms with Crippen molar-refractivity contribution in [2.45, 2.75) is 44.4 Å². The summed E-state index contributed by atoms with van der Waals surface area (Å²) in [5.74, 6) is 0.901. The Labute approximate surface area is 141 Å². The van der Waals surface area contributed by atoms with Crippen molar-refractivity contribution >= 4 is 5.82 Å². The Morgan fingerprint density at radius 3 is 2.80 bits per heavy atom. The van der Waals surface area contributed by atoms with Crippen LogP contribution in [0.5, 0.6) is 0 Å². The predicted octanol–water partition coefficient (Wildman–Crippen LogP) is 2.47. The van der Waals surface area contributed by atoms with Gasteiger partial charge in [0.25, 0.3) is 5.56 Å². The summed E-state index contributed by atoms with van der Waals surface area (Å²) >= 11 is 0. The van der Waals surface area contributed by atoms with E-state index in [0.717, 1.165) is 25.5 Å². The van der Waals surface area contributed by atoms with Gasteiger partial charge < -0.3 is 14.5 Å². The van der Waals surface area contributed by atoms with Gasteiger partial charge in [-0.1, -0.05) is 0 Å². The van der Waals surface area contributed by atoms with Crippen LogP contribution in [0.1, 0.15) is 36.8 Å². The van der Waals surface area contributed by atoms with E-state index >= 15 is 0 Å². The molecule has 2 aliphatic rings. The lowest BCUT2D eigenvalue weighted by molar-refractivity contribution is -0.141. The monoisotopic (exact) mass is 353 g/mol. The molecular weight excluding hydrogens is 335 g/mol. The average Bonchev–Trinajstić information content (AvgIpc) is 3.30. The molecule has 6 nitrogen and oxygen atoms in total. The maximum atomic E-state index is 12.8. The van der Waals surface area contributed by atoms with Crippen LogP contribution >= 0.6 is 0 Å². The molecule has 0 radical (unpaired) electrons. The summed E-state index contributed by atoms with van der Waals surface area (Å²) in [4.78, 5) is 20.1. The standard InChI is InChI=1S/C16H18F3N5O/c17-16(18,19)12-9-23-8-10(1-4-13(23)22-12)7-21-14-15(25)24(6-5-20-14)11-2-3-11/h5-6,9-11H,1-4,7-8H2,(H,20,21)/t10-/m1/s1. The fourth-order valence-electron chi connectivity index (χ4n) is 3.25. The zero-order valence-electron chi connectivity index (χ0n) is 13.5. The van der Waals surface area contributed by atoms with Gasteiger partial charge in [-0.2, -0.15) is 13.2 Å². The van der Waals surface area contributed by atoms with Crippen molar-refractivity contribution in [2.75, 3.05) is 11.9 Å². The van der Waals surface area contributed by atoms with E-state index in [0.29, 0.717) is 31.2 Å². The largest absolute Gasteiger partial charge is 0.434 e. The van der Waals surface area contributed by atoms with E-state index in [1.165, 1.54) is 0 Å². The van der Waals surface area contributed by atoms with Crippen LogP contribution in [0.3, 0.4) is 0 Å². The second-order valence-electron chi connectivity index (χ2n) is 6.70. The number of imidazole rings is 1. The molecule has 0 saturated heterocycles. The zero-order valence-corrected chi connectivity index (χ0v) is 13.5. The number of aromatic nitrogens is 4. The maximum absolute atomic E-state index is 12.8. The number of rotatable bonds is 4. The lowest BCUT2D eigenvalue weighted by atomic mass is 9.99. The first kappa shape index (κ1) is 16.2. The summed E-state index contributed by atoms with van der Waals surface area (Å²) in [7, 11) is 0. The summed E-state index contributed by atoms with van der Waals surface area (Å²) in [6, 6.07) is 0.278. The third-order valence-electron chi connectivity index (χ3n) is 4.75. The average molecular weight is 353 g/mol. The van der Waals surface area contributed by atoms with E-state index in [4.69, 9.17) is 0 Å². The first-order valence-electron chi connectivity index (χ1n) is 8.36. The molecule has 9 heteroatoms. The quantitative estimate of drug-likeness (QED) is 0.917. The highest BCUT2D eigenvalue weighted by molar-refractivity contribution is 5.31. The number of nitrogens with zero attached hydrogens (tertiary/aromatic N) is 4. The van der Waals surface area contributed by atoms with Crippen LogP contribution in [0, 0.1) is 5.92 Å². The molecular formula is C16H18F3N5O. The highest BCUT2D eigenvalue weighted by atomic mass is 19.4. The van der Waals surface area contributed by atoms with Gasteiger partial charge in [0.05, 0.1) is 0 Å². The van der Waals surface area contributed by atoms with Gasteiger partial charge in [-0.05, 0) is 25.2 Å². The van der Waals surface area contributed by atoms with Crippen molar-refractivity contribution < 1.29 is 13.2 Å². The minimum absolute atomic E-state index is 0.124. The van der Waals surface area contributed by atoms with Crippen LogP contribution < -0.4 is 10.9 Å². The van der Waals surface area contributed by atoms with Crippen molar-refractivity contribution in [3.63, 3.8) is 0 Å². The number of hydrogen-bond donors (Lipinski definition) is 1. The SMILES string of the molecule is O=c1c(NC[C@H]2CCc3nc(C(F)(F)F)cn3C2)nccn1C1CC1. The van der Waals surface area contributed by atoms with E-state index in [1.54, 1.807) is 21.5 Å². The Hall–Kier alpha value is -2.32. The van der Waals surface area contributed by atoms with E-state index in [9.17, 15) is 18.0 Å². The van der Waals surface area contributed by atoms with E-state index < -0.39 is 11.9 Å². The molecule has 0 bridgehead atoms. The van der Waals surface area contributed by atoms with Gasteiger partial charge in [0.15, 0.2) is 11.5 Å². The number of fused-ring (bicyclic) bond motifs is 1. The Morgan fingerprint density at radius 1 is 1.28 bits per heavy atom. The lowest BCUT2D eigenvalue weighted by Crippen LogP contribution is -2.29. The van der Waals surface area contributed by atoms with Crippen LogP contribution in [0.25, 0.3) is 0 Å². The normalized spacial score (nSPS) is 20.4. The first-order valence-corrected chi connectivity index (χ1v) is 8.36. The Balaban J connectivity index is 1.42. The molecule has 3 heterocycles. The van der Waals surface area contributed by atoms with Crippen LogP contribution in [0.15, 0.2) is 23.4 Å². The van der Waals surface area contributed by atoms with Crippen molar-refractivity contribution in [2.24, 2.45) is 5.92 Å². The molecule has 25 heavy (non-hydrogen) atoms.